The molecule has 11 aromatic rings. The second-order valence-electron chi connectivity index (χ2n) is 14.5. The van der Waals surface area contributed by atoms with E-state index in [1.165, 1.54) is 32.7 Å². The lowest BCUT2D eigenvalue weighted by Crippen LogP contribution is -2.10. The van der Waals surface area contributed by atoms with Crippen molar-refractivity contribution in [3.8, 4) is 45.3 Å². The van der Waals surface area contributed by atoms with Gasteiger partial charge in [-0.2, -0.15) is 0 Å². The van der Waals surface area contributed by atoms with E-state index < -0.39 is 0 Å². The molecule has 4 heterocycles. The SMILES string of the molecule is c1ccc(-n2ccc3cc4c(cc32)c2cc(-c3ccc(N(c5ccc(-c6ncccn6)cc5)c5ccc(-c6ncccn6)cc5)cc3)ccc2n4-c2ccccc2)cc1. The maximum Gasteiger partial charge on any atom is 0.159 e. The van der Waals surface area contributed by atoms with Gasteiger partial charge in [-0.3, -0.25) is 0 Å². The summed E-state index contributed by atoms with van der Waals surface area (Å²) in [4.78, 5) is 20.1. The Labute approximate surface area is 340 Å². The van der Waals surface area contributed by atoms with Crippen LogP contribution in [0.5, 0.6) is 0 Å². The number of rotatable bonds is 8. The molecule has 0 fully saturated rings. The number of para-hydroxylation sites is 2. The van der Waals surface area contributed by atoms with Crippen LogP contribution in [0.1, 0.15) is 0 Å². The van der Waals surface area contributed by atoms with Gasteiger partial charge < -0.3 is 14.0 Å². The summed E-state index contributed by atoms with van der Waals surface area (Å²) in [7, 11) is 0. The Morgan fingerprint density at radius 3 is 1.41 bits per heavy atom. The van der Waals surface area contributed by atoms with Gasteiger partial charge in [0.15, 0.2) is 11.6 Å². The van der Waals surface area contributed by atoms with E-state index in [-0.39, 0.29) is 0 Å². The Morgan fingerprint density at radius 2 is 0.847 bits per heavy atom. The summed E-state index contributed by atoms with van der Waals surface area (Å²) in [5, 5.41) is 3.62. The van der Waals surface area contributed by atoms with Gasteiger partial charge in [-0.25, -0.2) is 19.9 Å². The molecule has 11 rings (SSSR count). The number of hydrogen-bond donors (Lipinski definition) is 0. The van der Waals surface area contributed by atoms with Gasteiger partial charge in [0.2, 0.25) is 0 Å². The first kappa shape index (κ1) is 34.1. The molecule has 0 atom stereocenters. The third-order valence-electron chi connectivity index (χ3n) is 11.0. The van der Waals surface area contributed by atoms with Gasteiger partial charge in [0.25, 0.3) is 0 Å². The van der Waals surface area contributed by atoms with Crippen molar-refractivity contribution in [2.75, 3.05) is 4.90 Å². The van der Waals surface area contributed by atoms with Crippen LogP contribution < -0.4 is 4.90 Å². The van der Waals surface area contributed by atoms with E-state index in [9.17, 15) is 0 Å². The highest BCUT2D eigenvalue weighted by Gasteiger charge is 2.18. The molecule has 0 amide bonds. The zero-order chi connectivity index (χ0) is 39.1. The van der Waals surface area contributed by atoms with Gasteiger partial charge in [-0.15, -0.1) is 0 Å². The molecule has 0 N–H and O–H groups in total. The second-order valence-corrected chi connectivity index (χ2v) is 14.5. The Balaban J connectivity index is 1.01. The van der Waals surface area contributed by atoms with Gasteiger partial charge >= 0.3 is 0 Å². The molecule has 0 unspecified atom stereocenters. The Morgan fingerprint density at radius 1 is 0.356 bits per heavy atom. The van der Waals surface area contributed by atoms with Crippen molar-refractivity contribution < 1.29 is 0 Å². The molecular formula is C52H35N7. The molecular weight excluding hydrogens is 723 g/mol. The lowest BCUT2D eigenvalue weighted by atomic mass is 10.0. The van der Waals surface area contributed by atoms with E-state index in [1.54, 1.807) is 24.8 Å². The Bertz CT molecular complexity index is 3130. The molecule has 0 aliphatic rings. The molecule has 7 nitrogen and oxygen atoms in total. The van der Waals surface area contributed by atoms with Crippen molar-refractivity contribution in [3.63, 3.8) is 0 Å². The van der Waals surface area contributed by atoms with Crippen molar-refractivity contribution >= 4 is 49.8 Å². The Hall–Kier alpha value is -8.16. The monoisotopic (exact) mass is 757 g/mol. The molecule has 0 aliphatic heterocycles. The van der Waals surface area contributed by atoms with Crippen LogP contribution in [0.25, 0.3) is 78.0 Å². The maximum absolute atomic E-state index is 4.46. The molecule has 0 bridgehead atoms. The van der Waals surface area contributed by atoms with E-state index in [1.807, 2.05) is 12.1 Å². The van der Waals surface area contributed by atoms with E-state index in [0.717, 1.165) is 50.7 Å². The van der Waals surface area contributed by atoms with Crippen molar-refractivity contribution in [2.45, 2.75) is 0 Å². The number of nitrogens with zero attached hydrogens (tertiary/aromatic N) is 7. The average molecular weight is 758 g/mol. The average Bonchev–Trinajstić information content (AvgIpc) is 3.88. The van der Waals surface area contributed by atoms with E-state index in [0.29, 0.717) is 11.6 Å². The maximum atomic E-state index is 4.46. The highest BCUT2D eigenvalue weighted by molar-refractivity contribution is 6.14. The smallest absolute Gasteiger partial charge is 0.159 e. The second kappa shape index (κ2) is 14.4. The van der Waals surface area contributed by atoms with Gasteiger partial charge in [0.05, 0.1) is 16.6 Å². The van der Waals surface area contributed by atoms with Crippen molar-refractivity contribution in [1.29, 1.82) is 0 Å². The summed E-state index contributed by atoms with van der Waals surface area (Å²) in [6.45, 7) is 0. The quantitative estimate of drug-likeness (QED) is 0.154. The summed E-state index contributed by atoms with van der Waals surface area (Å²) in [5.74, 6) is 1.39. The van der Waals surface area contributed by atoms with Crippen LogP contribution >= 0.6 is 0 Å². The minimum Gasteiger partial charge on any atom is -0.317 e. The highest BCUT2D eigenvalue weighted by Crippen LogP contribution is 2.40. The van der Waals surface area contributed by atoms with Crippen molar-refractivity contribution in [1.82, 2.24) is 29.1 Å². The number of hydrogen-bond acceptors (Lipinski definition) is 5. The molecule has 7 aromatic carbocycles. The number of benzene rings is 7. The number of anilines is 3. The van der Waals surface area contributed by atoms with Crippen molar-refractivity contribution in [2.24, 2.45) is 0 Å². The summed E-state index contributed by atoms with van der Waals surface area (Å²) in [5.41, 5.74) is 13.1. The van der Waals surface area contributed by atoms with E-state index in [2.05, 4.69) is 210 Å². The summed E-state index contributed by atoms with van der Waals surface area (Å²) >= 11 is 0. The fourth-order valence-corrected chi connectivity index (χ4v) is 8.16. The predicted octanol–water partition coefficient (Wildman–Crippen LogP) is 12.8. The fourth-order valence-electron chi connectivity index (χ4n) is 8.16. The van der Waals surface area contributed by atoms with Crippen LogP contribution in [-0.4, -0.2) is 29.1 Å². The molecule has 59 heavy (non-hydrogen) atoms. The minimum atomic E-state index is 0.695. The largest absolute Gasteiger partial charge is 0.317 e. The first-order valence-corrected chi connectivity index (χ1v) is 19.6. The summed E-state index contributed by atoms with van der Waals surface area (Å²) < 4.78 is 4.67. The minimum absolute atomic E-state index is 0.695. The molecule has 7 heteroatoms. The van der Waals surface area contributed by atoms with Crippen LogP contribution in [-0.2, 0) is 0 Å². The normalized spacial score (nSPS) is 11.4. The van der Waals surface area contributed by atoms with Crippen LogP contribution in [0.3, 0.4) is 0 Å². The zero-order valence-electron chi connectivity index (χ0n) is 31.8. The fraction of sp³-hybridized carbons (Fsp3) is 0. The van der Waals surface area contributed by atoms with Crippen molar-refractivity contribution in [3.05, 3.63) is 213 Å². The lowest BCUT2D eigenvalue weighted by molar-refractivity contribution is 1.13. The summed E-state index contributed by atoms with van der Waals surface area (Å²) in [6.07, 6.45) is 9.24. The highest BCUT2D eigenvalue weighted by atomic mass is 15.1. The molecule has 0 aliphatic carbocycles. The zero-order valence-corrected chi connectivity index (χ0v) is 31.8. The van der Waals surface area contributed by atoms with E-state index in [4.69, 9.17) is 0 Å². The van der Waals surface area contributed by atoms with Crippen LogP contribution in [0, 0.1) is 0 Å². The molecule has 4 aromatic heterocycles. The topological polar surface area (TPSA) is 64.7 Å². The van der Waals surface area contributed by atoms with E-state index >= 15 is 0 Å². The van der Waals surface area contributed by atoms with Gasteiger partial charge in [0, 0.05) is 86.7 Å². The third-order valence-corrected chi connectivity index (χ3v) is 11.0. The molecule has 0 saturated heterocycles. The van der Waals surface area contributed by atoms with Crippen LogP contribution in [0.15, 0.2) is 213 Å². The molecule has 0 saturated carbocycles. The van der Waals surface area contributed by atoms with Crippen LogP contribution in [0.2, 0.25) is 0 Å². The summed E-state index contributed by atoms with van der Waals surface area (Å²) in [6, 6.07) is 64.2. The predicted molar refractivity (Wildman–Crippen MR) is 240 cm³/mol. The molecule has 278 valence electrons. The van der Waals surface area contributed by atoms with Gasteiger partial charge in [-0.05, 0) is 139 Å². The number of fused-ring (bicyclic) bond motifs is 4. The first-order valence-electron chi connectivity index (χ1n) is 19.6. The van der Waals surface area contributed by atoms with Gasteiger partial charge in [0.1, 0.15) is 0 Å². The Kier molecular flexibility index (Phi) is 8.33. The number of aromatic nitrogens is 6. The lowest BCUT2D eigenvalue weighted by Gasteiger charge is -2.26. The first-order chi connectivity index (χ1) is 29.2. The molecule has 0 spiro atoms. The van der Waals surface area contributed by atoms with Gasteiger partial charge in [-0.1, -0.05) is 54.6 Å². The standard InChI is InChI=1S/C52H35N7/c1-3-9-41(10-4-1)57-32-27-40-34-50-47(35-49(40)57)46-33-39(19-26-48(46)59(50)42-11-5-2-6-12-42)36-13-20-43(21-14-36)58(44-22-15-37(16-23-44)51-53-28-7-29-54-51)45-24-17-38(18-25-45)52-55-30-8-31-56-52/h1-35H. The van der Waals surface area contributed by atoms with Crippen LogP contribution in [0.4, 0.5) is 17.1 Å². The molecule has 0 radical (unpaired) electrons. The third kappa shape index (κ3) is 6.18.